The van der Waals surface area contributed by atoms with E-state index >= 15 is 0 Å². The van der Waals surface area contributed by atoms with Crippen LogP contribution in [0.1, 0.15) is 69.1 Å². The zero-order valence-electron chi connectivity index (χ0n) is 20.8. The second-order valence-corrected chi connectivity index (χ2v) is 10.3. The van der Waals surface area contributed by atoms with E-state index in [0.717, 1.165) is 68.7 Å². The van der Waals surface area contributed by atoms with Gasteiger partial charge in [-0.3, -0.25) is 4.90 Å². The molecule has 0 amide bonds. The van der Waals surface area contributed by atoms with E-state index in [4.69, 9.17) is 9.15 Å². The number of aliphatic hydroxyl groups is 1. The monoisotopic (exact) mass is 474 g/mol. The number of hydrogen-bond acceptors (Lipinski definition) is 5. The van der Waals surface area contributed by atoms with Crippen molar-refractivity contribution in [1.29, 1.82) is 0 Å². The molecule has 0 radical (unpaired) electrons. The van der Waals surface area contributed by atoms with Crippen LogP contribution in [0.4, 0.5) is 0 Å². The average Bonchev–Trinajstić information content (AvgIpc) is 3.39. The van der Waals surface area contributed by atoms with Crippen LogP contribution in [-0.4, -0.2) is 34.2 Å². The molecule has 2 fully saturated rings. The van der Waals surface area contributed by atoms with E-state index in [1.807, 2.05) is 66.9 Å². The highest BCUT2D eigenvalue weighted by molar-refractivity contribution is 5.30. The van der Waals surface area contributed by atoms with Crippen LogP contribution in [0.2, 0.25) is 0 Å². The highest BCUT2D eigenvalue weighted by atomic mass is 16.5. The van der Waals surface area contributed by atoms with Crippen molar-refractivity contribution in [3.05, 3.63) is 84.1 Å². The van der Waals surface area contributed by atoms with Gasteiger partial charge < -0.3 is 14.3 Å². The largest absolute Gasteiger partial charge is 0.489 e. The van der Waals surface area contributed by atoms with Crippen LogP contribution < -0.4 is 4.74 Å². The Bertz CT molecular complexity index is 1050. The van der Waals surface area contributed by atoms with Crippen molar-refractivity contribution in [2.24, 2.45) is 11.8 Å². The zero-order valence-corrected chi connectivity index (χ0v) is 20.8. The fraction of sp³-hybridized carbons (Fsp3) is 0.500. The molecular weight excluding hydrogens is 436 g/mol. The summed E-state index contributed by atoms with van der Waals surface area (Å²) in [6, 6.07) is 20.1. The molecule has 1 aliphatic carbocycles. The molecule has 2 aromatic carbocycles. The fourth-order valence-corrected chi connectivity index (χ4v) is 5.97. The molecule has 3 unspecified atom stereocenters. The molecule has 2 heterocycles. The van der Waals surface area contributed by atoms with Gasteiger partial charge in [-0.15, -0.1) is 0 Å². The Balaban J connectivity index is 1.32. The molecule has 5 rings (SSSR count). The number of likely N-dealkylation sites (tertiary alicyclic amines) is 1. The Morgan fingerprint density at radius 3 is 2.43 bits per heavy atom. The third-order valence-electron chi connectivity index (χ3n) is 8.00. The molecule has 1 aromatic heterocycles. The Labute approximate surface area is 209 Å². The third-order valence-corrected chi connectivity index (χ3v) is 8.00. The summed E-state index contributed by atoms with van der Waals surface area (Å²) in [7, 11) is 0. The molecule has 1 saturated carbocycles. The number of nitrogens with zero attached hydrogens (tertiary/aromatic N) is 2. The second kappa shape index (κ2) is 11.0. The Morgan fingerprint density at radius 1 is 1.00 bits per heavy atom. The molecule has 5 nitrogen and oxygen atoms in total. The van der Waals surface area contributed by atoms with Gasteiger partial charge in [0.15, 0.2) is 5.60 Å². The molecule has 3 aromatic rings. The summed E-state index contributed by atoms with van der Waals surface area (Å²) in [6.07, 6.45) is 9.68. The summed E-state index contributed by atoms with van der Waals surface area (Å²) in [5.41, 5.74) is -0.311. The van der Waals surface area contributed by atoms with E-state index in [-0.39, 0.29) is 12.0 Å². The normalized spacial score (nSPS) is 23.6. The van der Waals surface area contributed by atoms with Crippen molar-refractivity contribution in [3.8, 4) is 5.75 Å². The van der Waals surface area contributed by atoms with Crippen LogP contribution in [0.3, 0.4) is 0 Å². The van der Waals surface area contributed by atoms with E-state index in [0.29, 0.717) is 18.4 Å². The SMILES string of the molecule is CCC1CCN(Cc2cnc(C(O)(c3ccccc3)C3CCCCC3)o2)CC1Oc1ccccc1. The summed E-state index contributed by atoms with van der Waals surface area (Å²) in [4.78, 5) is 7.04. The molecule has 0 bridgehead atoms. The summed E-state index contributed by atoms with van der Waals surface area (Å²) >= 11 is 0. The average molecular weight is 475 g/mol. The first-order valence-electron chi connectivity index (χ1n) is 13.3. The van der Waals surface area contributed by atoms with Gasteiger partial charge >= 0.3 is 0 Å². The van der Waals surface area contributed by atoms with Crippen molar-refractivity contribution in [3.63, 3.8) is 0 Å². The molecule has 0 spiro atoms. The van der Waals surface area contributed by atoms with Gasteiger partial charge in [-0.05, 0) is 55.8 Å². The molecular formula is C30H38N2O3. The summed E-state index contributed by atoms with van der Waals surface area (Å²) in [6.45, 7) is 4.79. The van der Waals surface area contributed by atoms with Gasteiger partial charge in [0, 0.05) is 12.5 Å². The van der Waals surface area contributed by atoms with Crippen LogP contribution in [-0.2, 0) is 12.1 Å². The lowest BCUT2D eigenvalue weighted by Crippen LogP contribution is -2.46. The van der Waals surface area contributed by atoms with Gasteiger partial charge in [-0.1, -0.05) is 74.7 Å². The van der Waals surface area contributed by atoms with Crippen LogP contribution >= 0.6 is 0 Å². The first-order chi connectivity index (χ1) is 17.2. The van der Waals surface area contributed by atoms with Crippen molar-refractivity contribution in [1.82, 2.24) is 9.88 Å². The van der Waals surface area contributed by atoms with Gasteiger partial charge in [-0.25, -0.2) is 4.98 Å². The van der Waals surface area contributed by atoms with Crippen LogP contribution in [0.15, 0.2) is 71.3 Å². The third kappa shape index (κ3) is 5.31. The predicted molar refractivity (Wildman–Crippen MR) is 137 cm³/mol. The van der Waals surface area contributed by atoms with E-state index < -0.39 is 5.60 Å². The highest BCUT2D eigenvalue weighted by Gasteiger charge is 2.44. The van der Waals surface area contributed by atoms with Gasteiger partial charge in [0.25, 0.3) is 0 Å². The topological polar surface area (TPSA) is 58.7 Å². The lowest BCUT2D eigenvalue weighted by Gasteiger charge is -2.38. The minimum Gasteiger partial charge on any atom is -0.489 e. The molecule has 1 N–H and O–H groups in total. The molecule has 2 aliphatic rings. The smallest absolute Gasteiger partial charge is 0.231 e. The minimum absolute atomic E-state index is 0.120. The number of piperidine rings is 1. The van der Waals surface area contributed by atoms with E-state index in [9.17, 15) is 5.11 Å². The Kier molecular flexibility index (Phi) is 7.54. The lowest BCUT2D eigenvalue weighted by molar-refractivity contribution is -0.0250. The van der Waals surface area contributed by atoms with Gasteiger partial charge in [-0.2, -0.15) is 0 Å². The number of oxazole rings is 1. The van der Waals surface area contributed by atoms with Crippen molar-refractivity contribution < 1.29 is 14.3 Å². The molecule has 35 heavy (non-hydrogen) atoms. The number of rotatable bonds is 8. The first kappa shape index (κ1) is 24.1. The molecule has 1 aliphatic heterocycles. The van der Waals surface area contributed by atoms with Gasteiger partial charge in [0.05, 0.1) is 12.7 Å². The van der Waals surface area contributed by atoms with E-state index in [1.54, 1.807) is 0 Å². The van der Waals surface area contributed by atoms with Gasteiger partial charge in [0.2, 0.25) is 5.89 Å². The zero-order chi connectivity index (χ0) is 24.1. The maximum Gasteiger partial charge on any atom is 0.231 e. The molecule has 5 heteroatoms. The minimum atomic E-state index is -1.19. The van der Waals surface area contributed by atoms with Crippen LogP contribution in [0.25, 0.3) is 0 Å². The van der Waals surface area contributed by atoms with Crippen molar-refractivity contribution in [2.45, 2.75) is 70.1 Å². The number of para-hydroxylation sites is 1. The maximum atomic E-state index is 12.1. The highest BCUT2D eigenvalue weighted by Crippen LogP contribution is 2.43. The lowest BCUT2D eigenvalue weighted by atomic mass is 9.73. The maximum absolute atomic E-state index is 12.1. The number of hydrogen-bond donors (Lipinski definition) is 1. The molecule has 186 valence electrons. The fourth-order valence-electron chi connectivity index (χ4n) is 5.97. The van der Waals surface area contributed by atoms with Crippen LogP contribution in [0, 0.1) is 11.8 Å². The first-order valence-corrected chi connectivity index (χ1v) is 13.3. The number of benzene rings is 2. The van der Waals surface area contributed by atoms with Crippen molar-refractivity contribution >= 4 is 0 Å². The van der Waals surface area contributed by atoms with E-state index in [1.165, 1.54) is 6.42 Å². The summed E-state index contributed by atoms with van der Waals surface area (Å²) < 4.78 is 12.7. The molecule has 3 atom stereocenters. The van der Waals surface area contributed by atoms with Gasteiger partial charge in [0.1, 0.15) is 17.6 Å². The van der Waals surface area contributed by atoms with Crippen LogP contribution in [0.5, 0.6) is 5.75 Å². The molecule has 1 saturated heterocycles. The summed E-state index contributed by atoms with van der Waals surface area (Å²) in [5, 5.41) is 12.1. The summed E-state index contributed by atoms with van der Waals surface area (Å²) in [5.74, 6) is 2.84. The number of aromatic nitrogens is 1. The Hall–Kier alpha value is -2.63. The van der Waals surface area contributed by atoms with Crippen molar-refractivity contribution in [2.75, 3.05) is 13.1 Å². The quantitative estimate of drug-likeness (QED) is 0.423. The Morgan fingerprint density at radius 2 is 1.71 bits per heavy atom. The standard InChI is InChI=1S/C30H38N2O3/c1-2-23-18-19-32(22-28(23)34-26-16-10-5-11-17-26)21-27-20-31-29(35-27)30(33,24-12-6-3-7-13-24)25-14-8-4-9-15-25/h3,5-7,10-13,16-17,20,23,25,28,33H,2,4,8-9,14-15,18-19,21-22H2,1H3. The second-order valence-electron chi connectivity index (χ2n) is 10.3. The van der Waals surface area contributed by atoms with E-state index in [2.05, 4.69) is 16.8 Å². The predicted octanol–water partition coefficient (Wildman–Crippen LogP) is 6.17. The number of ether oxygens (including phenoxy) is 1.